The first kappa shape index (κ1) is 16.4. The summed E-state index contributed by atoms with van der Waals surface area (Å²) in [5, 5.41) is 0. The molecule has 2 N–H and O–H groups in total. The highest BCUT2D eigenvalue weighted by atomic mass is 19.1. The largest absolute Gasteiger partial charge is 0.329 e. The Labute approximate surface area is 127 Å². The van der Waals surface area contributed by atoms with Crippen molar-refractivity contribution in [1.29, 1.82) is 0 Å². The molecule has 0 bridgehead atoms. The fourth-order valence-corrected chi connectivity index (χ4v) is 2.98. The van der Waals surface area contributed by atoms with Crippen molar-refractivity contribution in [2.24, 2.45) is 5.73 Å². The number of nitrogens with two attached hydrogens (primary N) is 1. The Morgan fingerprint density at radius 2 is 1.95 bits per heavy atom. The molecular weight excluding hydrogens is 265 g/mol. The van der Waals surface area contributed by atoms with E-state index in [1.54, 1.807) is 6.07 Å². The van der Waals surface area contributed by atoms with Crippen molar-refractivity contribution >= 4 is 0 Å². The highest BCUT2D eigenvalue weighted by Gasteiger charge is 2.29. The van der Waals surface area contributed by atoms with Gasteiger partial charge in [-0.1, -0.05) is 18.2 Å². The number of hydrogen-bond acceptors (Lipinski definition) is 3. The van der Waals surface area contributed by atoms with Gasteiger partial charge in [0.05, 0.1) is 0 Å². The van der Waals surface area contributed by atoms with E-state index in [1.807, 2.05) is 12.1 Å². The van der Waals surface area contributed by atoms with E-state index < -0.39 is 0 Å². The molecule has 21 heavy (non-hydrogen) atoms. The number of likely N-dealkylation sites (tertiary alicyclic amines) is 1. The van der Waals surface area contributed by atoms with Crippen molar-refractivity contribution < 1.29 is 4.39 Å². The predicted octanol–water partition coefficient (Wildman–Crippen LogP) is 2.11. The van der Waals surface area contributed by atoms with Crippen molar-refractivity contribution in [3.8, 4) is 0 Å². The first-order chi connectivity index (χ1) is 10.0. The lowest BCUT2D eigenvalue weighted by atomic mass is 9.91. The van der Waals surface area contributed by atoms with E-state index in [2.05, 4.69) is 23.8 Å². The standard InChI is InChI=1S/C17H28FN3/c1-17(14-19,13-15-7-3-4-8-16(15)18)20(2)11-12-21-9-5-6-10-21/h3-4,7-8H,5-6,9-14,19H2,1-2H3. The molecule has 118 valence electrons. The van der Waals surface area contributed by atoms with Crippen molar-refractivity contribution in [3.05, 3.63) is 35.6 Å². The molecular formula is C17H28FN3. The van der Waals surface area contributed by atoms with Crippen molar-refractivity contribution in [3.63, 3.8) is 0 Å². The van der Waals surface area contributed by atoms with Gasteiger partial charge in [-0.25, -0.2) is 4.39 Å². The van der Waals surface area contributed by atoms with Gasteiger partial charge in [0, 0.05) is 25.2 Å². The van der Waals surface area contributed by atoms with Crippen LogP contribution >= 0.6 is 0 Å². The third kappa shape index (κ3) is 4.25. The zero-order valence-corrected chi connectivity index (χ0v) is 13.3. The second kappa shape index (κ2) is 7.34. The number of halogens is 1. The fraction of sp³-hybridized carbons (Fsp3) is 0.647. The Balaban J connectivity index is 1.96. The number of benzene rings is 1. The molecule has 0 radical (unpaired) electrons. The summed E-state index contributed by atoms with van der Waals surface area (Å²) in [5.41, 5.74) is 6.55. The molecule has 1 aromatic carbocycles. The third-order valence-electron chi connectivity index (χ3n) is 4.84. The maximum atomic E-state index is 13.9. The lowest BCUT2D eigenvalue weighted by Gasteiger charge is -2.39. The van der Waals surface area contributed by atoms with E-state index in [1.165, 1.54) is 32.0 Å². The highest BCUT2D eigenvalue weighted by molar-refractivity contribution is 5.20. The SMILES string of the molecule is CN(CCN1CCCC1)C(C)(CN)Cc1ccccc1F. The molecule has 1 aliphatic rings. The van der Waals surface area contributed by atoms with Crippen LogP contribution in [0.2, 0.25) is 0 Å². The van der Waals surface area contributed by atoms with Crippen LogP contribution in [0.15, 0.2) is 24.3 Å². The highest BCUT2D eigenvalue weighted by Crippen LogP contribution is 2.21. The van der Waals surface area contributed by atoms with Crippen LogP contribution in [0.25, 0.3) is 0 Å². The van der Waals surface area contributed by atoms with Crippen molar-refractivity contribution in [2.75, 3.05) is 39.8 Å². The zero-order chi connectivity index (χ0) is 15.3. The first-order valence-corrected chi connectivity index (χ1v) is 7.92. The molecule has 0 amide bonds. The molecule has 1 aliphatic heterocycles. The summed E-state index contributed by atoms with van der Waals surface area (Å²) < 4.78 is 13.9. The van der Waals surface area contributed by atoms with E-state index >= 15 is 0 Å². The molecule has 4 heteroatoms. The fourth-order valence-electron chi connectivity index (χ4n) is 2.98. The quantitative estimate of drug-likeness (QED) is 0.836. The average Bonchev–Trinajstić information content (AvgIpc) is 3.00. The first-order valence-electron chi connectivity index (χ1n) is 7.92. The van der Waals surface area contributed by atoms with Crippen LogP contribution in [-0.4, -0.2) is 55.1 Å². The smallest absolute Gasteiger partial charge is 0.126 e. The van der Waals surface area contributed by atoms with E-state index in [-0.39, 0.29) is 11.4 Å². The zero-order valence-electron chi connectivity index (χ0n) is 13.3. The van der Waals surface area contributed by atoms with E-state index in [4.69, 9.17) is 5.73 Å². The monoisotopic (exact) mass is 293 g/mol. The Morgan fingerprint density at radius 1 is 1.29 bits per heavy atom. The third-order valence-corrected chi connectivity index (χ3v) is 4.84. The molecule has 0 saturated carbocycles. The molecule has 1 heterocycles. The summed E-state index contributed by atoms with van der Waals surface area (Å²) in [7, 11) is 2.10. The van der Waals surface area contributed by atoms with Gasteiger partial charge in [0.1, 0.15) is 5.82 Å². The number of nitrogens with zero attached hydrogens (tertiary/aromatic N) is 2. The maximum absolute atomic E-state index is 13.9. The van der Waals surface area contributed by atoms with Crippen LogP contribution < -0.4 is 5.73 Å². The van der Waals surface area contributed by atoms with E-state index in [0.717, 1.165) is 18.7 Å². The van der Waals surface area contributed by atoms with Gasteiger partial charge in [-0.2, -0.15) is 0 Å². The summed E-state index contributed by atoms with van der Waals surface area (Å²) in [6.45, 7) is 7.12. The van der Waals surface area contributed by atoms with Crippen LogP contribution in [-0.2, 0) is 6.42 Å². The summed E-state index contributed by atoms with van der Waals surface area (Å²) in [5.74, 6) is -0.134. The normalized spacial score (nSPS) is 19.1. The van der Waals surface area contributed by atoms with Crippen LogP contribution in [0.1, 0.15) is 25.3 Å². The summed E-state index contributed by atoms with van der Waals surface area (Å²) in [4.78, 5) is 4.79. The molecule has 2 rings (SSSR count). The van der Waals surface area contributed by atoms with E-state index in [9.17, 15) is 4.39 Å². The Morgan fingerprint density at radius 3 is 2.57 bits per heavy atom. The maximum Gasteiger partial charge on any atom is 0.126 e. The van der Waals surface area contributed by atoms with Gasteiger partial charge in [-0.3, -0.25) is 4.90 Å². The summed E-state index contributed by atoms with van der Waals surface area (Å²) in [6, 6.07) is 7.00. The molecule has 1 aromatic rings. The average molecular weight is 293 g/mol. The summed E-state index contributed by atoms with van der Waals surface area (Å²) in [6.07, 6.45) is 3.27. The molecule has 0 aliphatic carbocycles. The van der Waals surface area contributed by atoms with Crippen LogP contribution in [0, 0.1) is 5.82 Å². The Hall–Kier alpha value is -0.970. The molecule has 0 aromatic heterocycles. The molecule has 0 spiro atoms. The van der Waals surface area contributed by atoms with Crippen LogP contribution in [0.5, 0.6) is 0 Å². The Bertz CT molecular complexity index is 445. The second-order valence-electron chi connectivity index (χ2n) is 6.44. The van der Waals surface area contributed by atoms with Gasteiger partial charge in [0.2, 0.25) is 0 Å². The van der Waals surface area contributed by atoms with Crippen molar-refractivity contribution in [1.82, 2.24) is 9.80 Å². The van der Waals surface area contributed by atoms with Gasteiger partial charge in [0.25, 0.3) is 0 Å². The number of hydrogen-bond donors (Lipinski definition) is 1. The second-order valence-corrected chi connectivity index (χ2v) is 6.44. The predicted molar refractivity (Wildman–Crippen MR) is 85.9 cm³/mol. The van der Waals surface area contributed by atoms with Crippen molar-refractivity contribution in [2.45, 2.75) is 31.7 Å². The summed E-state index contributed by atoms with van der Waals surface area (Å²) >= 11 is 0. The Kier molecular flexibility index (Phi) is 5.73. The van der Waals surface area contributed by atoms with Crippen LogP contribution in [0.4, 0.5) is 4.39 Å². The lowest BCUT2D eigenvalue weighted by Crippen LogP contribution is -2.53. The van der Waals surface area contributed by atoms with Gasteiger partial charge >= 0.3 is 0 Å². The molecule has 1 unspecified atom stereocenters. The molecule has 1 saturated heterocycles. The van der Waals surface area contributed by atoms with Gasteiger partial charge in [-0.15, -0.1) is 0 Å². The molecule has 1 fully saturated rings. The molecule has 3 nitrogen and oxygen atoms in total. The number of rotatable bonds is 7. The van der Waals surface area contributed by atoms with E-state index in [0.29, 0.717) is 13.0 Å². The van der Waals surface area contributed by atoms with Gasteiger partial charge < -0.3 is 10.6 Å². The van der Waals surface area contributed by atoms with Gasteiger partial charge in [0.15, 0.2) is 0 Å². The molecule has 1 atom stereocenters. The van der Waals surface area contributed by atoms with Gasteiger partial charge in [-0.05, 0) is 58.0 Å². The number of likely N-dealkylation sites (N-methyl/N-ethyl adjacent to an activating group) is 1. The lowest BCUT2D eigenvalue weighted by molar-refractivity contribution is 0.127. The van der Waals surface area contributed by atoms with Crippen LogP contribution in [0.3, 0.4) is 0 Å². The topological polar surface area (TPSA) is 32.5 Å². The minimum absolute atomic E-state index is 0.134. The minimum Gasteiger partial charge on any atom is -0.329 e. The minimum atomic E-state index is -0.206.